The Kier molecular flexibility index (Phi) is 6.18. The average molecular weight is 433 g/mol. The van der Waals surface area contributed by atoms with Gasteiger partial charge in [-0.25, -0.2) is 9.97 Å². The molecule has 0 atom stereocenters. The molecule has 2 aromatic rings. The summed E-state index contributed by atoms with van der Waals surface area (Å²) in [6, 6.07) is 2.30. The van der Waals surface area contributed by atoms with Crippen molar-refractivity contribution >= 4 is 5.91 Å². The van der Waals surface area contributed by atoms with E-state index in [9.17, 15) is 31.1 Å². The fourth-order valence-electron chi connectivity index (χ4n) is 3.18. The number of carbonyl (C=O) groups excluding carboxylic acids is 1. The van der Waals surface area contributed by atoms with Crippen molar-refractivity contribution < 1.29 is 35.9 Å². The van der Waals surface area contributed by atoms with Crippen molar-refractivity contribution in [3.8, 4) is 6.01 Å². The number of ether oxygens (including phenoxy) is 1. The van der Waals surface area contributed by atoms with Crippen LogP contribution in [-0.2, 0) is 12.4 Å². The summed E-state index contributed by atoms with van der Waals surface area (Å²) in [6.07, 6.45) is -5.19. The highest BCUT2D eigenvalue weighted by molar-refractivity contribution is 5.94. The second-order valence-corrected chi connectivity index (χ2v) is 6.89. The molecule has 30 heavy (non-hydrogen) atoms. The minimum Gasteiger partial charge on any atom is -0.460 e. The van der Waals surface area contributed by atoms with Gasteiger partial charge in [0, 0.05) is 24.0 Å². The number of aromatic nitrogens is 2. The fourth-order valence-corrected chi connectivity index (χ4v) is 3.18. The van der Waals surface area contributed by atoms with E-state index in [1.54, 1.807) is 6.07 Å². The summed E-state index contributed by atoms with van der Waals surface area (Å²) in [5, 5.41) is 2.52. The van der Waals surface area contributed by atoms with Gasteiger partial charge in [-0.1, -0.05) is 0 Å². The number of hydrogen-bond acceptors (Lipinski definition) is 4. The van der Waals surface area contributed by atoms with E-state index in [4.69, 9.17) is 4.74 Å². The number of alkyl halides is 6. The van der Waals surface area contributed by atoms with Crippen molar-refractivity contribution in [1.82, 2.24) is 15.3 Å². The van der Waals surface area contributed by atoms with Crippen molar-refractivity contribution in [2.45, 2.75) is 50.2 Å². The first-order valence-electron chi connectivity index (χ1n) is 9.06. The Morgan fingerprint density at radius 3 is 1.93 bits per heavy atom. The number of rotatable bonds is 4. The van der Waals surface area contributed by atoms with E-state index < -0.39 is 41.0 Å². The SMILES string of the molecule is O=C(NC1CCC(Oc2ncccn2)CC1)c1cc(C(F)(F)F)cc(C(F)(F)F)c1. The predicted octanol–water partition coefficient (Wildman–Crippen LogP) is 4.63. The van der Waals surface area contributed by atoms with Crippen LogP contribution in [0, 0.1) is 0 Å². The third-order valence-electron chi connectivity index (χ3n) is 4.67. The van der Waals surface area contributed by atoms with Gasteiger partial charge in [0.2, 0.25) is 0 Å². The van der Waals surface area contributed by atoms with Crippen LogP contribution in [0.15, 0.2) is 36.7 Å². The van der Waals surface area contributed by atoms with Crippen LogP contribution in [0.3, 0.4) is 0 Å². The second kappa shape index (κ2) is 8.49. The lowest BCUT2D eigenvalue weighted by atomic mass is 9.92. The number of benzene rings is 1. The smallest absolute Gasteiger partial charge is 0.416 e. The van der Waals surface area contributed by atoms with Crippen LogP contribution < -0.4 is 10.1 Å². The zero-order valence-electron chi connectivity index (χ0n) is 15.4. The second-order valence-electron chi connectivity index (χ2n) is 6.89. The Labute approximate surface area is 167 Å². The molecule has 0 aliphatic heterocycles. The van der Waals surface area contributed by atoms with Gasteiger partial charge in [-0.15, -0.1) is 0 Å². The van der Waals surface area contributed by atoms with Crippen LogP contribution in [0.5, 0.6) is 6.01 Å². The number of amides is 1. The van der Waals surface area contributed by atoms with E-state index in [-0.39, 0.29) is 18.2 Å². The van der Waals surface area contributed by atoms with Crippen LogP contribution in [0.2, 0.25) is 0 Å². The Bertz CT molecular complexity index is 846. The van der Waals surface area contributed by atoms with Crippen LogP contribution in [0.4, 0.5) is 26.3 Å². The highest BCUT2D eigenvalue weighted by Crippen LogP contribution is 2.36. The third-order valence-corrected chi connectivity index (χ3v) is 4.67. The molecule has 1 aliphatic carbocycles. The van der Waals surface area contributed by atoms with E-state index >= 15 is 0 Å². The first-order valence-corrected chi connectivity index (χ1v) is 9.06. The van der Waals surface area contributed by atoms with Gasteiger partial charge in [-0.3, -0.25) is 4.79 Å². The van der Waals surface area contributed by atoms with Gasteiger partial charge in [0.15, 0.2) is 0 Å². The van der Waals surface area contributed by atoms with E-state index in [0.29, 0.717) is 37.8 Å². The first kappa shape index (κ1) is 21.8. The minimum absolute atomic E-state index is 0.00895. The molecule has 1 N–H and O–H groups in total. The highest BCUT2D eigenvalue weighted by atomic mass is 19.4. The monoisotopic (exact) mass is 433 g/mol. The lowest BCUT2D eigenvalue weighted by Crippen LogP contribution is -2.40. The average Bonchev–Trinajstić information content (AvgIpc) is 2.68. The molecule has 1 saturated carbocycles. The molecular weight excluding hydrogens is 416 g/mol. The van der Waals surface area contributed by atoms with Gasteiger partial charge in [0.1, 0.15) is 6.10 Å². The van der Waals surface area contributed by atoms with E-state index in [1.165, 1.54) is 12.4 Å². The molecule has 0 saturated heterocycles. The summed E-state index contributed by atoms with van der Waals surface area (Å²) in [5.41, 5.74) is -3.74. The van der Waals surface area contributed by atoms with Crippen LogP contribution in [-0.4, -0.2) is 28.0 Å². The maximum absolute atomic E-state index is 13.0. The number of carbonyl (C=O) groups is 1. The summed E-state index contributed by atoms with van der Waals surface area (Å²) in [4.78, 5) is 20.2. The summed E-state index contributed by atoms with van der Waals surface area (Å²) in [5.74, 6) is -0.984. The maximum Gasteiger partial charge on any atom is 0.416 e. The molecule has 1 amide bonds. The fraction of sp³-hybridized carbons (Fsp3) is 0.421. The topological polar surface area (TPSA) is 64.1 Å². The number of hydrogen-bond donors (Lipinski definition) is 1. The molecule has 1 fully saturated rings. The third kappa shape index (κ3) is 5.61. The van der Waals surface area contributed by atoms with Crippen molar-refractivity contribution in [2.24, 2.45) is 0 Å². The molecule has 0 radical (unpaired) electrons. The molecule has 3 rings (SSSR count). The largest absolute Gasteiger partial charge is 0.460 e. The highest BCUT2D eigenvalue weighted by Gasteiger charge is 2.37. The molecule has 5 nitrogen and oxygen atoms in total. The number of halogens is 6. The molecule has 0 unspecified atom stereocenters. The lowest BCUT2D eigenvalue weighted by molar-refractivity contribution is -0.143. The molecule has 0 spiro atoms. The molecule has 162 valence electrons. The molecule has 0 bridgehead atoms. The van der Waals surface area contributed by atoms with Gasteiger partial charge < -0.3 is 10.1 Å². The molecule has 11 heteroatoms. The van der Waals surface area contributed by atoms with Crippen molar-refractivity contribution in [3.05, 3.63) is 53.3 Å². The summed E-state index contributed by atoms with van der Waals surface area (Å²) in [6.45, 7) is 0. The number of nitrogens with zero attached hydrogens (tertiary/aromatic N) is 2. The van der Waals surface area contributed by atoms with Gasteiger partial charge in [-0.2, -0.15) is 26.3 Å². The Balaban J connectivity index is 1.65. The van der Waals surface area contributed by atoms with Crippen LogP contribution in [0.25, 0.3) is 0 Å². The number of nitrogens with one attached hydrogen (secondary N) is 1. The van der Waals surface area contributed by atoms with Crippen molar-refractivity contribution in [2.75, 3.05) is 0 Å². The zero-order valence-corrected chi connectivity index (χ0v) is 15.4. The van der Waals surface area contributed by atoms with E-state index in [0.717, 1.165) is 0 Å². The Morgan fingerprint density at radius 1 is 0.900 bits per heavy atom. The molecule has 1 aliphatic rings. The van der Waals surface area contributed by atoms with Crippen LogP contribution >= 0.6 is 0 Å². The quantitative estimate of drug-likeness (QED) is 0.714. The van der Waals surface area contributed by atoms with Crippen molar-refractivity contribution in [3.63, 3.8) is 0 Å². The predicted molar refractivity (Wildman–Crippen MR) is 92.6 cm³/mol. The zero-order chi connectivity index (χ0) is 21.9. The maximum atomic E-state index is 13.0. The van der Waals surface area contributed by atoms with Gasteiger partial charge >= 0.3 is 18.4 Å². The molecule has 1 aromatic carbocycles. The Hall–Kier alpha value is -2.85. The van der Waals surface area contributed by atoms with Crippen molar-refractivity contribution in [1.29, 1.82) is 0 Å². The molecule has 1 heterocycles. The van der Waals surface area contributed by atoms with Gasteiger partial charge in [-0.05, 0) is 49.9 Å². The van der Waals surface area contributed by atoms with E-state index in [1.807, 2.05) is 0 Å². The van der Waals surface area contributed by atoms with Crippen LogP contribution in [0.1, 0.15) is 47.2 Å². The van der Waals surface area contributed by atoms with E-state index in [2.05, 4.69) is 15.3 Å². The Morgan fingerprint density at radius 2 is 1.43 bits per heavy atom. The van der Waals surface area contributed by atoms with Gasteiger partial charge in [0.25, 0.3) is 5.91 Å². The first-order chi connectivity index (χ1) is 14.0. The summed E-state index contributed by atoms with van der Waals surface area (Å²) >= 11 is 0. The molecule has 1 aromatic heterocycles. The van der Waals surface area contributed by atoms with Gasteiger partial charge in [0.05, 0.1) is 11.1 Å². The minimum atomic E-state index is -5.01. The summed E-state index contributed by atoms with van der Waals surface area (Å²) < 4.78 is 83.4. The normalized spacial score (nSPS) is 19.9. The lowest BCUT2D eigenvalue weighted by Gasteiger charge is -2.29. The standard InChI is InChI=1S/C19H17F6N3O2/c20-18(21,22)12-8-11(9-13(10-12)19(23,24)25)16(29)28-14-2-4-15(5-3-14)30-17-26-6-1-7-27-17/h1,6-10,14-15H,2-5H2,(H,28,29). The molecular formula is C19H17F6N3O2. The summed E-state index contributed by atoms with van der Waals surface area (Å²) in [7, 11) is 0.